The van der Waals surface area contributed by atoms with E-state index in [0.29, 0.717) is 0 Å². The zero-order valence-electron chi connectivity index (χ0n) is 6.48. The quantitative estimate of drug-likeness (QED) is 0.783. The molecule has 72 valence electrons. The molecule has 1 aromatic heterocycles. The number of hydrogen-bond donors (Lipinski definition) is 1. The van der Waals surface area contributed by atoms with E-state index in [1.165, 1.54) is 6.07 Å². The summed E-state index contributed by atoms with van der Waals surface area (Å²) in [7, 11) is 0. The van der Waals surface area contributed by atoms with Crippen LogP contribution in [0, 0.1) is 0 Å². The number of aromatic nitrogens is 1. The van der Waals surface area contributed by atoms with Gasteiger partial charge in [0.1, 0.15) is 6.26 Å². The molecule has 0 bridgehead atoms. The second kappa shape index (κ2) is 3.97. The van der Waals surface area contributed by atoms with Gasteiger partial charge in [0, 0.05) is 6.07 Å². The van der Waals surface area contributed by atoms with Crippen molar-refractivity contribution in [1.29, 1.82) is 0 Å². The van der Waals surface area contributed by atoms with Crippen molar-refractivity contribution < 1.29 is 23.2 Å². The average Bonchev–Trinajstić information content (AvgIpc) is 2.50. The molecule has 1 unspecified atom stereocenters. The summed E-state index contributed by atoms with van der Waals surface area (Å²) in [5.74, 6) is -2.68. The van der Waals surface area contributed by atoms with Crippen LogP contribution < -0.4 is 0 Å². The summed E-state index contributed by atoms with van der Waals surface area (Å²) < 4.78 is 28.9. The number of carbonyl (C=O) groups is 1. The van der Waals surface area contributed by atoms with Crippen molar-refractivity contribution in [2.24, 2.45) is 0 Å². The second-order valence-electron chi connectivity index (χ2n) is 2.46. The van der Waals surface area contributed by atoms with E-state index in [0.717, 1.165) is 6.26 Å². The van der Waals surface area contributed by atoms with Crippen LogP contribution in [0.4, 0.5) is 8.78 Å². The molecule has 6 heteroatoms. The molecule has 1 N–H and O–H groups in total. The van der Waals surface area contributed by atoms with Crippen molar-refractivity contribution in [2.45, 2.75) is 18.8 Å². The van der Waals surface area contributed by atoms with Crippen molar-refractivity contribution in [3.63, 3.8) is 0 Å². The Balaban J connectivity index is 2.74. The van der Waals surface area contributed by atoms with Gasteiger partial charge in [-0.15, -0.1) is 0 Å². The van der Waals surface area contributed by atoms with E-state index >= 15 is 0 Å². The maximum atomic E-state index is 12.3. The Morgan fingerprint density at radius 2 is 2.38 bits per heavy atom. The van der Waals surface area contributed by atoms with Crippen molar-refractivity contribution in [3.8, 4) is 0 Å². The minimum absolute atomic E-state index is 0.0302. The topological polar surface area (TPSA) is 63.3 Å². The van der Waals surface area contributed by atoms with Gasteiger partial charge in [-0.25, -0.2) is 8.78 Å². The molecule has 4 nitrogen and oxygen atoms in total. The number of alkyl halides is 2. The Kier molecular flexibility index (Phi) is 2.94. The average molecular weight is 191 g/mol. The van der Waals surface area contributed by atoms with Gasteiger partial charge >= 0.3 is 5.97 Å². The lowest BCUT2D eigenvalue weighted by Crippen LogP contribution is -2.14. The highest BCUT2D eigenvalue weighted by Crippen LogP contribution is 2.25. The minimum Gasteiger partial charge on any atom is -0.481 e. The Morgan fingerprint density at radius 3 is 2.77 bits per heavy atom. The molecular formula is C7H7F2NO3. The molecule has 0 saturated heterocycles. The molecule has 1 rings (SSSR count). The summed E-state index contributed by atoms with van der Waals surface area (Å²) in [6, 6.07) is 1.24. The van der Waals surface area contributed by atoms with Crippen LogP contribution in [0.25, 0.3) is 0 Å². The highest BCUT2D eigenvalue weighted by Gasteiger charge is 2.27. The van der Waals surface area contributed by atoms with Gasteiger partial charge in [0.05, 0.1) is 18.0 Å². The zero-order chi connectivity index (χ0) is 9.84. The van der Waals surface area contributed by atoms with Crippen molar-refractivity contribution >= 4 is 5.97 Å². The lowest BCUT2D eigenvalue weighted by atomic mass is 10.0. The zero-order valence-corrected chi connectivity index (χ0v) is 6.48. The number of halogens is 2. The van der Waals surface area contributed by atoms with E-state index in [4.69, 9.17) is 5.11 Å². The van der Waals surface area contributed by atoms with Gasteiger partial charge < -0.3 is 9.63 Å². The van der Waals surface area contributed by atoms with Crippen LogP contribution in [0.5, 0.6) is 0 Å². The minimum atomic E-state index is -2.75. The maximum absolute atomic E-state index is 12.3. The molecule has 0 aliphatic rings. The van der Waals surface area contributed by atoms with Crippen LogP contribution >= 0.6 is 0 Å². The predicted octanol–water partition coefficient (Wildman–Crippen LogP) is 1.50. The fourth-order valence-corrected chi connectivity index (χ4v) is 0.924. The molecule has 1 aromatic rings. The van der Waals surface area contributed by atoms with Crippen LogP contribution in [0.1, 0.15) is 18.0 Å². The number of carboxylic acid groups (broad SMARTS) is 1. The highest BCUT2D eigenvalue weighted by atomic mass is 19.3. The third kappa shape index (κ3) is 2.50. The predicted molar refractivity (Wildman–Crippen MR) is 37.5 cm³/mol. The maximum Gasteiger partial charge on any atom is 0.304 e. The van der Waals surface area contributed by atoms with E-state index in [-0.39, 0.29) is 5.69 Å². The molecule has 0 radical (unpaired) electrons. The van der Waals surface area contributed by atoms with E-state index in [1.54, 1.807) is 0 Å². The van der Waals surface area contributed by atoms with E-state index < -0.39 is 24.7 Å². The Morgan fingerprint density at radius 1 is 1.69 bits per heavy atom. The largest absolute Gasteiger partial charge is 0.481 e. The lowest BCUT2D eigenvalue weighted by molar-refractivity contribution is -0.138. The number of nitrogens with zero attached hydrogens (tertiary/aromatic N) is 1. The van der Waals surface area contributed by atoms with Crippen LogP contribution in [-0.4, -0.2) is 22.7 Å². The number of aliphatic carboxylic acids is 1. The van der Waals surface area contributed by atoms with Crippen LogP contribution in [-0.2, 0) is 4.79 Å². The van der Waals surface area contributed by atoms with Crippen molar-refractivity contribution in [1.82, 2.24) is 5.16 Å². The Hall–Kier alpha value is -1.46. The third-order valence-electron chi connectivity index (χ3n) is 1.54. The summed E-state index contributed by atoms with van der Waals surface area (Å²) in [6.07, 6.45) is -2.27. The first-order valence-electron chi connectivity index (χ1n) is 3.51. The summed E-state index contributed by atoms with van der Waals surface area (Å²) in [5, 5.41) is 11.6. The number of carboxylic acids is 1. The van der Waals surface area contributed by atoms with Gasteiger partial charge in [-0.1, -0.05) is 5.16 Å². The molecule has 0 aliphatic heterocycles. The van der Waals surface area contributed by atoms with Crippen molar-refractivity contribution in [3.05, 3.63) is 18.0 Å². The first kappa shape index (κ1) is 9.63. The summed E-state index contributed by atoms with van der Waals surface area (Å²) in [4.78, 5) is 10.2. The van der Waals surface area contributed by atoms with Gasteiger partial charge in [0.15, 0.2) is 0 Å². The monoisotopic (exact) mass is 191 g/mol. The third-order valence-corrected chi connectivity index (χ3v) is 1.54. The highest BCUT2D eigenvalue weighted by molar-refractivity contribution is 5.67. The molecule has 0 aromatic carbocycles. The lowest BCUT2D eigenvalue weighted by Gasteiger charge is -2.09. The van der Waals surface area contributed by atoms with Gasteiger partial charge in [-0.2, -0.15) is 0 Å². The van der Waals surface area contributed by atoms with Crippen molar-refractivity contribution in [2.75, 3.05) is 0 Å². The summed E-state index contributed by atoms with van der Waals surface area (Å²) in [5.41, 5.74) is -0.0302. The first-order chi connectivity index (χ1) is 6.11. The second-order valence-corrected chi connectivity index (χ2v) is 2.46. The van der Waals surface area contributed by atoms with Gasteiger partial charge in [0.2, 0.25) is 6.43 Å². The molecule has 13 heavy (non-hydrogen) atoms. The van der Waals surface area contributed by atoms with Crippen LogP contribution in [0.3, 0.4) is 0 Å². The molecular weight excluding hydrogens is 184 g/mol. The van der Waals surface area contributed by atoms with E-state index in [2.05, 4.69) is 9.68 Å². The Bertz CT molecular complexity index is 273. The smallest absolute Gasteiger partial charge is 0.304 e. The number of hydrogen-bond acceptors (Lipinski definition) is 3. The van der Waals surface area contributed by atoms with Gasteiger partial charge in [0.25, 0.3) is 0 Å². The molecule has 0 saturated carbocycles. The molecule has 0 amide bonds. The first-order valence-corrected chi connectivity index (χ1v) is 3.51. The number of rotatable bonds is 4. The molecule has 0 spiro atoms. The SMILES string of the molecule is O=C(O)CC(c1ccon1)C(F)F. The van der Waals surface area contributed by atoms with Gasteiger partial charge in [-0.3, -0.25) is 4.79 Å². The Labute approximate surface area is 72.1 Å². The molecule has 0 fully saturated rings. The fraction of sp³-hybridized carbons (Fsp3) is 0.429. The molecule has 1 atom stereocenters. The molecule has 0 aliphatic carbocycles. The normalized spacial score (nSPS) is 13.2. The van der Waals surface area contributed by atoms with Crippen LogP contribution in [0.15, 0.2) is 16.9 Å². The standard InChI is InChI=1S/C7H7F2NO3/c8-7(9)4(3-6(11)12)5-1-2-13-10-5/h1-2,4,7H,3H2,(H,11,12). The van der Waals surface area contributed by atoms with Gasteiger partial charge in [-0.05, 0) is 0 Å². The van der Waals surface area contributed by atoms with E-state index in [1.807, 2.05) is 0 Å². The molecule has 1 heterocycles. The summed E-state index contributed by atoms with van der Waals surface area (Å²) in [6.45, 7) is 0. The van der Waals surface area contributed by atoms with Crippen LogP contribution in [0.2, 0.25) is 0 Å². The van der Waals surface area contributed by atoms with E-state index in [9.17, 15) is 13.6 Å². The fourth-order valence-electron chi connectivity index (χ4n) is 0.924. The summed E-state index contributed by atoms with van der Waals surface area (Å²) >= 11 is 0.